The van der Waals surface area contributed by atoms with E-state index in [2.05, 4.69) is 21.0 Å². The van der Waals surface area contributed by atoms with Crippen molar-refractivity contribution in [3.63, 3.8) is 0 Å². The van der Waals surface area contributed by atoms with Crippen LogP contribution in [0.5, 0.6) is 0 Å². The monoisotopic (exact) mass is 397 g/mol. The van der Waals surface area contributed by atoms with Crippen LogP contribution < -0.4 is 4.90 Å². The van der Waals surface area contributed by atoms with Crippen molar-refractivity contribution < 1.29 is 9.59 Å². The summed E-state index contributed by atoms with van der Waals surface area (Å²) in [5.74, 6) is -0.605. The van der Waals surface area contributed by atoms with E-state index in [1.165, 1.54) is 4.90 Å². The number of amides is 2. The van der Waals surface area contributed by atoms with Crippen molar-refractivity contribution in [1.82, 2.24) is 9.78 Å². The van der Waals surface area contributed by atoms with E-state index in [4.69, 9.17) is 0 Å². The van der Waals surface area contributed by atoms with Crippen molar-refractivity contribution in [1.29, 1.82) is 0 Å². The minimum atomic E-state index is -0.303. The Morgan fingerprint density at radius 2 is 1.72 bits per heavy atom. The fourth-order valence-electron chi connectivity index (χ4n) is 3.58. The zero-order valence-corrected chi connectivity index (χ0v) is 15.7. The lowest BCUT2D eigenvalue weighted by Crippen LogP contribution is -2.41. The predicted octanol–water partition coefficient (Wildman–Crippen LogP) is 4.24. The Morgan fingerprint density at radius 3 is 2.36 bits per heavy atom. The van der Waals surface area contributed by atoms with Gasteiger partial charge in [-0.2, -0.15) is 5.10 Å². The number of anilines is 1. The number of hydrogen-bond donors (Lipinski definition) is 0. The van der Waals surface area contributed by atoms with Crippen molar-refractivity contribution in [2.45, 2.75) is 27.3 Å². The maximum absolute atomic E-state index is 13.2. The molecular formula is C19H16BrN3O2. The predicted molar refractivity (Wildman–Crippen MR) is 100 cm³/mol. The largest absolute Gasteiger partial charge is 0.268 e. The molecule has 0 saturated carbocycles. The van der Waals surface area contributed by atoms with Crippen LogP contribution in [0.1, 0.15) is 39.0 Å². The molecule has 4 rings (SSSR count). The van der Waals surface area contributed by atoms with Gasteiger partial charge >= 0.3 is 0 Å². The van der Waals surface area contributed by atoms with Crippen LogP contribution in [0.3, 0.4) is 0 Å². The molecule has 1 aliphatic heterocycles. The molecule has 126 valence electrons. The number of benzene rings is 2. The summed E-state index contributed by atoms with van der Waals surface area (Å²) < 4.78 is 2.68. The molecule has 0 spiro atoms. The van der Waals surface area contributed by atoms with Gasteiger partial charge in [0.1, 0.15) is 0 Å². The highest BCUT2D eigenvalue weighted by molar-refractivity contribution is 9.10. The van der Waals surface area contributed by atoms with Crippen LogP contribution in [-0.4, -0.2) is 21.6 Å². The first-order chi connectivity index (χ1) is 12.0. The molecule has 6 heteroatoms. The van der Waals surface area contributed by atoms with Crippen molar-refractivity contribution >= 4 is 44.2 Å². The quantitative estimate of drug-likeness (QED) is 0.607. The number of rotatable bonds is 2. The fourth-order valence-corrected chi connectivity index (χ4v) is 4.05. The number of aryl methyl sites for hydroxylation is 2. The highest BCUT2D eigenvalue weighted by Crippen LogP contribution is 2.37. The first-order valence-corrected chi connectivity index (χ1v) is 8.89. The third-order valence-electron chi connectivity index (χ3n) is 4.72. The number of hydrogen-bond acceptors (Lipinski definition) is 3. The van der Waals surface area contributed by atoms with Gasteiger partial charge in [0.05, 0.1) is 17.1 Å². The summed E-state index contributed by atoms with van der Waals surface area (Å²) in [7, 11) is 0. The summed E-state index contributed by atoms with van der Waals surface area (Å²) in [6, 6.07) is 9.14. The Bertz CT molecular complexity index is 1050. The normalized spacial score (nSPS) is 13.8. The van der Waals surface area contributed by atoms with Crippen LogP contribution in [0.2, 0.25) is 0 Å². The molecule has 0 atom stereocenters. The second kappa shape index (κ2) is 5.52. The summed E-state index contributed by atoms with van der Waals surface area (Å²) in [6.07, 6.45) is 0. The van der Waals surface area contributed by atoms with Gasteiger partial charge in [0.2, 0.25) is 0 Å². The van der Waals surface area contributed by atoms with Gasteiger partial charge in [-0.1, -0.05) is 28.1 Å². The molecule has 5 nitrogen and oxygen atoms in total. The zero-order valence-electron chi connectivity index (χ0n) is 14.1. The van der Waals surface area contributed by atoms with E-state index in [9.17, 15) is 9.59 Å². The molecule has 1 aromatic heterocycles. The lowest BCUT2D eigenvalue weighted by molar-refractivity contribution is 0.0893. The third-order valence-corrected chi connectivity index (χ3v) is 5.41. The van der Waals surface area contributed by atoms with E-state index >= 15 is 0 Å². The van der Waals surface area contributed by atoms with Gasteiger partial charge < -0.3 is 0 Å². The van der Waals surface area contributed by atoms with Gasteiger partial charge in [0.25, 0.3) is 11.8 Å². The van der Waals surface area contributed by atoms with Crippen molar-refractivity contribution in [2.75, 3.05) is 4.90 Å². The molecule has 1 aliphatic rings. The molecule has 0 saturated heterocycles. The van der Waals surface area contributed by atoms with Crippen LogP contribution in [0, 0.1) is 13.8 Å². The first-order valence-electron chi connectivity index (χ1n) is 8.09. The smallest absolute Gasteiger partial charge is 0.266 e. The van der Waals surface area contributed by atoms with Gasteiger partial charge in [0.15, 0.2) is 0 Å². The van der Waals surface area contributed by atoms with Gasteiger partial charge in [-0.3, -0.25) is 14.3 Å². The number of aromatic nitrogens is 2. The highest BCUT2D eigenvalue weighted by atomic mass is 79.9. The Balaban J connectivity index is 2.01. The summed E-state index contributed by atoms with van der Waals surface area (Å²) in [6.45, 7) is 6.38. The van der Waals surface area contributed by atoms with E-state index in [0.29, 0.717) is 34.4 Å². The van der Waals surface area contributed by atoms with Crippen molar-refractivity contribution in [2.24, 2.45) is 0 Å². The number of nitrogens with zero attached hydrogens (tertiary/aromatic N) is 3. The van der Waals surface area contributed by atoms with Gasteiger partial charge in [-0.15, -0.1) is 0 Å². The average molecular weight is 398 g/mol. The molecule has 0 aliphatic carbocycles. The molecule has 0 N–H and O–H groups in total. The van der Waals surface area contributed by atoms with E-state index < -0.39 is 0 Å². The minimum Gasteiger partial charge on any atom is -0.268 e. The lowest BCUT2D eigenvalue weighted by Gasteiger charge is -2.27. The Hall–Kier alpha value is -2.47. The van der Waals surface area contributed by atoms with Crippen LogP contribution in [-0.2, 0) is 6.54 Å². The van der Waals surface area contributed by atoms with Gasteiger partial charge in [-0.05, 0) is 44.4 Å². The van der Waals surface area contributed by atoms with Crippen molar-refractivity contribution in [3.8, 4) is 0 Å². The molecule has 0 bridgehead atoms. The topological polar surface area (TPSA) is 55.2 Å². The molecule has 3 aromatic rings. The van der Waals surface area contributed by atoms with Crippen LogP contribution in [0.4, 0.5) is 5.69 Å². The second-order valence-electron chi connectivity index (χ2n) is 6.10. The van der Waals surface area contributed by atoms with E-state index in [-0.39, 0.29) is 11.8 Å². The third kappa shape index (κ3) is 2.10. The Morgan fingerprint density at radius 1 is 1.04 bits per heavy atom. The Kier molecular flexibility index (Phi) is 3.54. The molecule has 2 amide bonds. The van der Waals surface area contributed by atoms with Crippen molar-refractivity contribution in [3.05, 3.63) is 57.3 Å². The number of halogens is 1. The molecule has 2 aromatic carbocycles. The Labute approximate surface area is 153 Å². The van der Waals surface area contributed by atoms with Gasteiger partial charge in [-0.25, -0.2) is 4.90 Å². The minimum absolute atomic E-state index is 0.303. The first kappa shape index (κ1) is 16.0. The summed E-state index contributed by atoms with van der Waals surface area (Å²) in [4.78, 5) is 27.6. The maximum Gasteiger partial charge on any atom is 0.266 e. The van der Waals surface area contributed by atoms with Crippen LogP contribution in [0.15, 0.2) is 34.8 Å². The summed E-state index contributed by atoms with van der Waals surface area (Å²) in [5.41, 5.74) is 3.15. The molecule has 2 heterocycles. The SMILES string of the molecule is CCn1nc(C)c(N2C(=O)c3cccc4c(Br)ccc(c34)C2=O)c1C. The fraction of sp³-hybridized carbons (Fsp3) is 0.211. The number of imide groups is 1. The van der Waals surface area contributed by atoms with E-state index in [1.54, 1.807) is 12.1 Å². The highest BCUT2D eigenvalue weighted by Gasteiger charge is 2.37. The number of carbonyl (C=O) groups excluding carboxylic acids is 2. The van der Waals surface area contributed by atoms with Gasteiger partial charge in [0, 0.05) is 27.5 Å². The lowest BCUT2D eigenvalue weighted by atomic mass is 9.93. The van der Waals surface area contributed by atoms with E-state index in [0.717, 1.165) is 15.6 Å². The zero-order chi connectivity index (χ0) is 17.9. The molecule has 0 radical (unpaired) electrons. The molecule has 25 heavy (non-hydrogen) atoms. The van der Waals surface area contributed by atoms with E-state index in [1.807, 2.05) is 43.7 Å². The molecule has 0 unspecified atom stereocenters. The molecular weight excluding hydrogens is 382 g/mol. The standard InChI is InChI=1S/C19H16BrN3O2/c1-4-22-11(3)17(10(2)21-22)23-18(24)13-7-5-6-12-15(20)9-8-14(16(12)13)19(23)25/h5-9H,4H2,1-3H3. The summed E-state index contributed by atoms with van der Waals surface area (Å²) in [5, 5.41) is 6.03. The molecule has 0 fully saturated rings. The second-order valence-corrected chi connectivity index (χ2v) is 6.96. The van der Waals surface area contributed by atoms with Crippen LogP contribution >= 0.6 is 15.9 Å². The maximum atomic E-state index is 13.2. The van der Waals surface area contributed by atoms with Crippen LogP contribution in [0.25, 0.3) is 10.8 Å². The number of carbonyl (C=O) groups is 2. The summed E-state index contributed by atoms with van der Waals surface area (Å²) >= 11 is 3.50. The average Bonchev–Trinajstić information content (AvgIpc) is 2.89.